The van der Waals surface area contributed by atoms with Crippen LogP contribution in [-0.4, -0.2) is 26.6 Å². The Morgan fingerprint density at radius 3 is 1.25 bits per heavy atom. The first kappa shape index (κ1) is 10.1. The van der Waals surface area contributed by atoms with Crippen molar-refractivity contribution in [3.63, 3.8) is 0 Å². The van der Waals surface area contributed by atoms with Crippen LogP contribution in [0.25, 0.3) is 0 Å². The van der Waals surface area contributed by atoms with Crippen LogP contribution >= 0.6 is 0 Å². The van der Waals surface area contributed by atoms with Crippen LogP contribution in [0.4, 0.5) is 4.79 Å². The maximum Gasteiger partial charge on any atom is 0.503 e. The molecule has 1 aromatic carbocycles. The Morgan fingerprint density at radius 2 is 1.08 bits per heavy atom. The predicted octanol–water partition coefficient (Wildman–Crippen LogP) is 1.32. The minimum atomic E-state index is -1.83. The van der Waals surface area contributed by atoms with E-state index in [-0.39, 0.29) is 11.5 Å². The highest BCUT2D eigenvalue weighted by atomic mass is 16.6. The standard InChI is InChI=1S/C6H6O2.CH2O3/c7-5-1-2-6(8)4-3-5;2-1(3)4/h1-4,7-8H;(H2,2,3,4). The maximum atomic E-state index is 8.65. The Labute approximate surface area is 68.1 Å². The van der Waals surface area contributed by atoms with Gasteiger partial charge in [0.2, 0.25) is 0 Å². The van der Waals surface area contributed by atoms with Gasteiger partial charge in [0.15, 0.2) is 0 Å². The van der Waals surface area contributed by atoms with Gasteiger partial charge in [0.25, 0.3) is 0 Å². The molecule has 0 aliphatic carbocycles. The second kappa shape index (κ2) is 4.84. The molecule has 0 radical (unpaired) electrons. The minimum Gasteiger partial charge on any atom is -0.508 e. The van der Waals surface area contributed by atoms with Crippen molar-refractivity contribution in [3.8, 4) is 11.5 Å². The van der Waals surface area contributed by atoms with Crippen molar-refractivity contribution in [2.75, 3.05) is 0 Å². The van der Waals surface area contributed by atoms with E-state index in [2.05, 4.69) is 0 Å². The predicted molar refractivity (Wildman–Crippen MR) is 40.4 cm³/mol. The lowest BCUT2D eigenvalue weighted by Crippen LogP contribution is -1.81. The van der Waals surface area contributed by atoms with E-state index in [4.69, 9.17) is 25.2 Å². The number of hydrogen-bond donors (Lipinski definition) is 4. The van der Waals surface area contributed by atoms with Gasteiger partial charge in [0.1, 0.15) is 11.5 Å². The van der Waals surface area contributed by atoms with Crippen LogP contribution < -0.4 is 0 Å². The van der Waals surface area contributed by atoms with Gasteiger partial charge in [-0.3, -0.25) is 0 Å². The van der Waals surface area contributed by atoms with E-state index in [0.29, 0.717) is 0 Å². The van der Waals surface area contributed by atoms with Crippen molar-refractivity contribution in [1.82, 2.24) is 0 Å². The Kier molecular flexibility index (Phi) is 4.07. The van der Waals surface area contributed by atoms with Crippen molar-refractivity contribution in [2.45, 2.75) is 0 Å². The average Bonchev–Trinajstić information content (AvgIpc) is 1.94. The van der Waals surface area contributed by atoms with Gasteiger partial charge < -0.3 is 20.4 Å². The zero-order valence-corrected chi connectivity index (χ0v) is 6.01. The summed E-state index contributed by atoms with van der Waals surface area (Å²) in [4.78, 5) is 8.56. The molecule has 0 amide bonds. The molecule has 1 rings (SSSR count). The first-order chi connectivity index (χ1) is 5.52. The van der Waals surface area contributed by atoms with Crippen LogP contribution in [0.2, 0.25) is 0 Å². The summed E-state index contributed by atoms with van der Waals surface area (Å²) in [7, 11) is 0. The summed E-state index contributed by atoms with van der Waals surface area (Å²) in [5.41, 5.74) is 0. The molecule has 0 aliphatic heterocycles. The summed E-state index contributed by atoms with van der Waals surface area (Å²) in [6, 6.07) is 5.70. The number of phenolic OH excluding ortho intramolecular Hbond substituents is 2. The first-order valence-electron chi connectivity index (χ1n) is 2.92. The molecule has 0 saturated carbocycles. The van der Waals surface area contributed by atoms with E-state index < -0.39 is 6.16 Å². The molecule has 0 heterocycles. The smallest absolute Gasteiger partial charge is 0.503 e. The van der Waals surface area contributed by atoms with E-state index in [1.54, 1.807) is 0 Å². The summed E-state index contributed by atoms with van der Waals surface area (Å²) in [6.07, 6.45) is -1.83. The second-order valence-corrected chi connectivity index (χ2v) is 1.80. The molecule has 0 aromatic heterocycles. The fourth-order valence-corrected chi connectivity index (χ4v) is 0.453. The summed E-state index contributed by atoms with van der Waals surface area (Å²) >= 11 is 0. The quantitative estimate of drug-likeness (QED) is 0.442. The molecule has 0 spiro atoms. The summed E-state index contributed by atoms with van der Waals surface area (Å²) in [5, 5.41) is 31.2. The molecular weight excluding hydrogens is 164 g/mol. The molecule has 5 heteroatoms. The highest BCUT2D eigenvalue weighted by molar-refractivity contribution is 5.53. The normalized spacial score (nSPS) is 8.00. The van der Waals surface area contributed by atoms with Crippen molar-refractivity contribution < 1.29 is 25.2 Å². The van der Waals surface area contributed by atoms with E-state index >= 15 is 0 Å². The maximum absolute atomic E-state index is 8.65. The zero-order chi connectivity index (χ0) is 9.56. The second-order valence-electron chi connectivity index (χ2n) is 1.80. The third kappa shape index (κ3) is 6.21. The highest BCUT2D eigenvalue weighted by Gasteiger charge is 1.84. The van der Waals surface area contributed by atoms with Crippen molar-refractivity contribution in [1.29, 1.82) is 0 Å². The molecule has 0 saturated heterocycles. The van der Waals surface area contributed by atoms with E-state index in [1.165, 1.54) is 24.3 Å². The molecule has 4 N–H and O–H groups in total. The van der Waals surface area contributed by atoms with Crippen molar-refractivity contribution in [2.24, 2.45) is 0 Å². The SMILES string of the molecule is O=C(O)O.Oc1ccc(O)cc1. The van der Waals surface area contributed by atoms with Crippen molar-refractivity contribution in [3.05, 3.63) is 24.3 Å². The summed E-state index contributed by atoms with van der Waals surface area (Å²) in [6.45, 7) is 0. The van der Waals surface area contributed by atoms with E-state index in [0.717, 1.165) is 0 Å². The van der Waals surface area contributed by atoms with Crippen LogP contribution in [0.15, 0.2) is 24.3 Å². The molecule has 0 fully saturated rings. The number of phenols is 2. The van der Waals surface area contributed by atoms with Gasteiger partial charge in [-0.2, -0.15) is 0 Å². The van der Waals surface area contributed by atoms with Gasteiger partial charge in [-0.1, -0.05) is 0 Å². The lowest BCUT2D eigenvalue weighted by molar-refractivity contribution is 0.137. The van der Waals surface area contributed by atoms with Crippen LogP contribution in [-0.2, 0) is 0 Å². The average molecular weight is 172 g/mol. The Hall–Kier alpha value is -1.91. The molecule has 66 valence electrons. The van der Waals surface area contributed by atoms with Gasteiger partial charge in [-0.25, -0.2) is 4.79 Å². The first-order valence-corrected chi connectivity index (χ1v) is 2.92. The van der Waals surface area contributed by atoms with Crippen LogP contribution in [0.5, 0.6) is 11.5 Å². The topological polar surface area (TPSA) is 98.0 Å². The summed E-state index contributed by atoms with van der Waals surface area (Å²) in [5.74, 6) is 0.339. The van der Waals surface area contributed by atoms with Gasteiger partial charge in [0, 0.05) is 0 Å². The lowest BCUT2D eigenvalue weighted by atomic mass is 10.3. The number of carbonyl (C=O) groups is 1. The monoisotopic (exact) mass is 172 g/mol. The summed E-state index contributed by atoms with van der Waals surface area (Å²) < 4.78 is 0. The number of rotatable bonds is 0. The molecule has 0 aliphatic rings. The van der Waals surface area contributed by atoms with Crippen LogP contribution in [0.3, 0.4) is 0 Å². The van der Waals surface area contributed by atoms with Gasteiger partial charge in [0.05, 0.1) is 0 Å². The number of aromatic hydroxyl groups is 2. The van der Waals surface area contributed by atoms with Gasteiger partial charge in [-0.15, -0.1) is 0 Å². The third-order valence-electron chi connectivity index (χ3n) is 0.850. The highest BCUT2D eigenvalue weighted by Crippen LogP contribution is 2.13. The molecule has 0 atom stereocenters. The molecule has 0 unspecified atom stereocenters. The largest absolute Gasteiger partial charge is 0.508 e. The Balaban J connectivity index is 0.000000261. The molecular formula is C7H8O5. The number of carboxylic acid groups (broad SMARTS) is 2. The fourth-order valence-electron chi connectivity index (χ4n) is 0.453. The van der Waals surface area contributed by atoms with E-state index in [1.807, 2.05) is 0 Å². The Morgan fingerprint density at radius 1 is 0.917 bits per heavy atom. The Bertz CT molecular complexity index is 215. The van der Waals surface area contributed by atoms with E-state index in [9.17, 15) is 0 Å². The van der Waals surface area contributed by atoms with Crippen molar-refractivity contribution >= 4 is 6.16 Å². The number of hydrogen-bond acceptors (Lipinski definition) is 3. The molecule has 12 heavy (non-hydrogen) atoms. The van der Waals surface area contributed by atoms with Crippen LogP contribution in [0.1, 0.15) is 0 Å². The third-order valence-corrected chi connectivity index (χ3v) is 0.850. The minimum absolute atomic E-state index is 0.169. The molecule has 1 aromatic rings. The molecule has 5 nitrogen and oxygen atoms in total. The number of benzene rings is 1. The zero-order valence-electron chi connectivity index (χ0n) is 6.01. The van der Waals surface area contributed by atoms with Crippen LogP contribution in [0, 0.1) is 0 Å². The molecule has 0 bridgehead atoms. The van der Waals surface area contributed by atoms with Gasteiger partial charge in [-0.05, 0) is 24.3 Å². The van der Waals surface area contributed by atoms with Gasteiger partial charge >= 0.3 is 6.16 Å². The lowest BCUT2D eigenvalue weighted by Gasteiger charge is -1.88. The fraction of sp³-hybridized carbons (Fsp3) is 0.